The van der Waals surface area contributed by atoms with Crippen LogP contribution in [0.1, 0.15) is 17.3 Å². The Morgan fingerprint density at radius 3 is 2.50 bits per heavy atom. The van der Waals surface area contributed by atoms with E-state index < -0.39 is 10.9 Å². The summed E-state index contributed by atoms with van der Waals surface area (Å²) in [5, 5.41) is 28.1. The van der Waals surface area contributed by atoms with E-state index in [1.54, 1.807) is 0 Å². The fourth-order valence-corrected chi connectivity index (χ4v) is 1.94. The lowest BCUT2D eigenvalue weighted by Gasteiger charge is -2.09. The largest absolute Gasteiger partial charge is 0.478 e. The predicted molar refractivity (Wildman–Crippen MR) is 92.5 cm³/mol. The molecule has 0 saturated heterocycles. The molecular formula is C15H16N6O5. The molecule has 1 amide bonds. The Morgan fingerprint density at radius 2 is 1.92 bits per heavy atom. The summed E-state index contributed by atoms with van der Waals surface area (Å²) in [5.74, 6) is -1.16. The standard InChI is InChI=1S/C15H16N6O5/c1-9(22)16-6-7-17-13-12(21(25)26)8-18-15(20-13)19-11-4-2-10(3-5-11)14(23)24/h2-5,8H,6-7H2,1H3,(H,16,22)(H,23,24)(H2,17,18,19,20). The van der Waals surface area contributed by atoms with Gasteiger partial charge in [0.1, 0.15) is 6.20 Å². The summed E-state index contributed by atoms with van der Waals surface area (Å²) < 4.78 is 0. The second kappa shape index (κ2) is 8.37. The molecule has 0 fully saturated rings. The number of hydrogen-bond acceptors (Lipinski definition) is 8. The Balaban J connectivity index is 2.13. The molecule has 0 unspecified atom stereocenters. The number of nitrogens with zero attached hydrogens (tertiary/aromatic N) is 3. The lowest BCUT2D eigenvalue weighted by Crippen LogP contribution is -2.26. The maximum absolute atomic E-state index is 11.1. The van der Waals surface area contributed by atoms with E-state index in [1.165, 1.54) is 31.2 Å². The van der Waals surface area contributed by atoms with Crippen LogP contribution in [0.5, 0.6) is 0 Å². The summed E-state index contributed by atoms with van der Waals surface area (Å²) in [6.45, 7) is 1.88. The zero-order valence-corrected chi connectivity index (χ0v) is 13.7. The van der Waals surface area contributed by atoms with Crippen LogP contribution in [-0.4, -0.2) is 45.0 Å². The molecule has 0 aliphatic carbocycles. The lowest BCUT2D eigenvalue weighted by molar-refractivity contribution is -0.384. The van der Waals surface area contributed by atoms with Crippen LogP contribution >= 0.6 is 0 Å². The number of benzene rings is 1. The van der Waals surface area contributed by atoms with Crippen LogP contribution in [-0.2, 0) is 4.79 Å². The van der Waals surface area contributed by atoms with Crippen molar-refractivity contribution in [1.82, 2.24) is 15.3 Å². The molecule has 2 rings (SSSR count). The van der Waals surface area contributed by atoms with Gasteiger partial charge in [-0.3, -0.25) is 14.9 Å². The summed E-state index contributed by atoms with van der Waals surface area (Å²) >= 11 is 0. The number of nitro groups is 1. The minimum Gasteiger partial charge on any atom is -0.478 e. The first-order chi connectivity index (χ1) is 12.4. The van der Waals surface area contributed by atoms with Gasteiger partial charge in [0.15, 0.2) is 0 Å². The van der Waals surface area contributed by atoms with Crippen molar-refractivity contribution in [3.8, 4) is 0 Å². The first-order valence-electron chi connectivity index (χ1n) is 7.47. The van der Waals surface area contributed by atoms with Crippen LogP contribution in [0.25, 0.3) is 0 Å². The highest BCUT2D eigenvalue weighted by atomic mass is 16.6. The Morgan fingerprint density at radius 1 is 1.23 bits per heavy atom. The normalized spacial score (nSPS) is 10.0. The number of aromatic carboxylic acids is 1. The van der Waals surface area contributed by atoms with E-state index in [2.05, 4.69) is 25.9 Å². The van der Waals surface area contributed by atoms with Crippen molar-refractivity contribution >= 4 is 35.0 Å². The quantitative estimate of drug-likeness (QED) is 0.310. The third kappa shape index (κ3) is 5.12. The van der Waals surface area contributed by atoms with Gasteiger partial charge in [0.25, 0.3) is 0 Å². The van der Waals surface area contributed by atoms with Gasteiger partial charge in [-0.2, -0.15) is 4.98 Å². The SMILES string of the molecule is CC(=O)NCCNc1nc(Nc2ccc(C(=O)O)cc2)ncc1[N+](=O)[O-]. The molecule has 1 aromatic carbocycles. The van der Waals surface area contributed by atoms with Crippen LogP contribution in [0.3, 0.4) is 0 Å². The van der Waals surface area contributed by atoms with Crippen molar-refractivity contribution in [2.24, 2.45) is 0 Å². The fraction of sp³-hybridized carbons (Fsp3) is 0.200. The summed E-state index contributed by atoms with van der Waals surface area (Å²) in [4.78, 5) is 40.1. The molecule has 11 nitrogen and oxygen atoms in total. The van der Waals surface area contributed by atoms with E-state index >= 15 is 0 Å². The number of nitrogens with one attached hydrogen (secondary N) is 3. The zero-order chi connectivity index (χ0) is 19.1. The molecule has 136 valence electrons. The molecular weight excluding hydrogens is 344 g/mol. The molecule has 0 radical (unpaired) electrons. The number of carboxylic acids is 1. The number of carbonyl (C=O) groups is 2. The zero-order valence-electron chi connectivity index (χ0n) is 13.7. The first-order valence-corrected chi connectivity index (χ1v) is 7.47. The molecule has 0 bridgehead atoms. The fourth-order valence-electron chi connectivity index (χ4n) is 1.94. The Hall–Kier alpha value is -3.76. The van der Waals surface area contributed by atoms with Crippen molar-refractivity contribution < 1.29 is 19.6 Å². The number of rotatable bonds is 8. The average molecular weight is 360 g/mol. The number of aromatic nitrogens is 2. The average Bonchev–Trinajstić information content (AvgIpc) is 2.59. The topological polar surface area (TPSA) is 159 Å². The van der Waals surface area contributed by atoms with Crippen molar-refractivity contribution in [3.63, 3.8) is 0 Å². The molecule has 11 heteroatoms. The Bertz CT molecular complexity index is 824. The van der Waals surface area contributed by atoms with E-state index in [1.807, 2.05) is 0 Å². The van der Waals surface area contributed by atoms with Crippen LogP contribution in [0.15, 0.2) is 30.5 Å². The highest BCUT2D eigenvalue weighted by molar-refractivity contribution is 5.88. The smallest absolute Gasteiger partial charge is 0.335 e. The van der Waals surface area contributed by atoms with Crippen LogP contribution in [0.2, 0.25) is 0 Å². The van der Waals surface area contributed by atoms with Crippen molar-refractivity contribution in [2.75, 3.05) is 23.7 Å². The van der Waals surface area contributed by atoms with E-state index in [-0.39, 0.29) is 42.0 Å². The molecule has 1 aromatic heterocycles. The third-order valence-corrected chi connectivity index (χ3v) is 3.15. The third-order valence-electron chi connectivity index (χ3n) is 3.15. The predicted octanol–water partition coefficient (Wildman–Crippen LogP) is 1.37. The van der Waals surface area contributed by atoms with Gasteiger partial charge in [-0.25, -0.2) is 9.78 Å². The minimum atomic E-state index is -1.05. The van der Waals surface area contributed by atoms with Crippen molar-refractivity contribution in [3.05, 3.63) is 46.1 Å². The number of carbonyl (C=O) groups excluding carboxylic acids is 1. The van der Waals surface area contributed by atoms with Gasteiger partial charge in [0.2, 0.25) is 17.7 Å². The molecule has 26 heavy (non-hydrogen) atoms. The second-order valence-electron chi connectivity index (χ2n) is 5.10. The van der Waals surface area contributed by atoms with Crippen molar-refractivity contribution in [2.45, 2.75) is 6.92 Å². The highest BCUT2D eigenvalue weighted by Crippen LogP contribution is 2.23. The van der Waals surface area contributed by atoms with Crippen molar-refractivity contribution in [1.29, 1.82) is 0 Å². The maximum atomic E-state index is 11.1. The second-order valence-corrected chi connectivity index (χ2v) is 5.10. The summed E-state index contributed by atoms with van der Waals surface area (Å²) in [6, 6.07) is 5.86. The van der Waals surface area contributed by atoms with Gasteiger partial charge in [0.05, 0.1) is 10.5 Å². The first kappa shape index (κ1) is 18.6. The monoisotopic (exact) mass is 360 g/mol. The molecule has 0 saturated carbocycles. The maximum Gasteiger partial charge on any atom is 0.335 e. The molecule has 0 aliphatic heterocycles. The number of carboxylic acid groups (broad SMARTS) is 1. The molecule has 1 heterocycles. The van der Waals surface area contributed by atoms with Gasteiger partial charge in [-0.1, -0.05) is 0 Å². The highest BCUT2D eigenvalue weighted by Gasteiger charge is 2.17. The summed E-state index contributed by atoms with van der Waals surface area (Å²) in [7, 11) is 0. The van der Waals surface area contributed by atoms with Gasteiger partial charge < -0.3 is 21.1 Å². The van der Waals surface area contributed by atoms with E-state index in [4.69, 9.17) is 5.11 Å². The van der Waals surface area contributed by atoms with E-state index in [9.17, 15) is 19.7 Å². The molecule has 0 atom stereocenters. The van der Waals surface area contributed by atoms with Crippen LogP contribution in [0.4, 0.5) is 23.1 Å². The van der Waals surface area contributed by atoms with E-state index in [0.29, 0.717) is 5.69 Å². The van der Waals surface area contributed by atoms with Gasteiger partial charge >= 0.3 is 11.7 Å². The molecule has 2 aromatic rings. The molecule has 4 N–H and O–H groups in total. The van der Waals surface area contributed by atoms with E-state index in [0.717, 1.165) is 6.20 Å². The van der Waals surface area contributed by atoms with Crippen LogP contribution < -0.4 is 16.0 Å². The van der Waals surface area contributed by atoms with Crippen LogP contribution in [0, 0.1) is 10.1 Å². The number of anilines is 3. The molecule has 0 spiro atoms. The number of hydrogen-bond donors (Lipinski definition) is 4. The minimum absolute atomic E-state index is 0.00000756. The Kier molecular flexibility index (Phi) is 5.98. The lowest BCUT2D eigenvalue weighted by atomic mass is 10.2. The molecule has 0 aliphatic rings. The summed E-state index contributed by atoms with van der Waals surface area (Å²) in [5.41, 5.74) is 0.341. The Labute approximate surface area is 147 Å². The summed E-state index contributed by atoms with van der Waals surface area (Å²) in [6.07, 6.45) is 1.06. The van der Waals surface area contributed by atoms with Gasteiger partial charge in [-0.15, -0.1) is 0 Å². The van der Waals surface area contributed by atoms with Gasteiger partial charge in [0, 0.05) is 25.7 Å². The number of amides is 1. The van der Waals surface area contributed by atoms with Gasteiger partial charge in [-0.05, 0) is 24.3 Å².